The summed E-state index contributed by atoms with van der Waals surface area (Å²) in [6.07, 6.45) is 2.65. The molecule has 1 aromatic rings. The second-order valence-electron chi connectivity index (χ2n) is 9.22. The molecule has 2 heterocycles. The van der Waals surface area contributed by atoms with Crippen LogP contribution in [0.1, 0.15) is 63.6 Å². The maximum Gasteiger partial charge on any atom is 0.333 e. The zero-order valence-corrected chi connectivity index (χ0v) is 18.7. The summed E-state index contributed by atoms with van der Waals surface area (Å²) in [5.41, 5.74) is 4.34. The minimum atomic E-state index is -0.609. The van der Waals surface area contributed by atoms with Gasteiger partial charge in [-0.25, -0.2) is 4.79 Å². The van der Waals surface area contributed by atoms with Gasteiger partial charge >= 0.3 is 6.03 Å². The molecular weight excluding hydrogens is 366 g/mol. The number of hydrogen-bond acceptors (Lipinski definition) is 4. The molecule has 0 radical (unpaired) electrons. The van der Waals surface area contributed by atoms with Crippen LogP contribution < -0.4 is 4.90 Å². The maximum absolute atomic E-state index is 12.6. The van der Waals surface area contributed by atoms with Gasteiger partial charge in [-0.15, -0.1) is 0 Å². The van der Waals surface area contributed by atoms with Crippen molar-refractivity contribution in [2.75, 3.05) is 19.0 Å². The van der Waals surface area contributed by atoms with Gasteiger partial charge in [-0.05, 0) is 81.9 Å². The summed E-state index contributed by atoms with van der Waals surface area (Å²) in [6, 6.07) is 4.01. The largest absolute Gasteiger partial charge is 0.364 e. The molecule has 1 saturated heterocycles. The number of urea groups is 1. The number of anilines is 1. The average Bonchev–Trinajstić information content (AvgIpc) is 2.61. The highest BCUT2D eigenvalue weighted by molar-refractivity contribution is 6.30. The summed E-state index contributed by atoms with van der Waals surface area (Å²) in [5, 5.41) is 0. The zero-order chi connectivity index (χ0) is 21.8. The fourth-order valence-electron chi connectivity index (χ4n) is 4.88. The topological polar surface area (TPSA) is 60.9 Å². The van der Waals surface area contributed by atoms with Crippen LogP contribution >= 0.6 is 0 Å². The van der Waals surface area contributed by atoms with Crippen LogP contribution in [0.15, 0.2) is 17.7 Å². The molecule has 1 atom stereocenters. The normalized spacial score (nSPS) is 21.8. The van der Waals surface area contributed by atoms with E-state index >= 15 is 0 Å². The van der Waals surface area contributed by atoms with Crippen LogP contribution in [0.2, 0.25) is 0 Å². The lowest BCUT2D eigenvalue weighted by atomic mass is 9.78. The van der Waals surface area contributed by atoms with Gasteiger partial charge in [-0.1, -0.05) is 6.92 Å². The molecule has 0 saturated carbocycles. The number of hydrogen-bond donors (Lipinski definition) is 0. The monoisotopic (exact) mass is 397 g/mol. The van der Waals surface area contributed by atoms with Crippen molar-refractivity contribution < 1.29 is 14.4 Å². The smallest absolute Gasteiger partial charge is 0.333 e. The van der Waals surface area contributed by atoms with Gasteiger partial charge < -0.3 is 4.90 Å². The van der Waals surface area contributed by atoms with E-state index in [0.29, 0.717) is 12.0 Å². The summed E-state index contributed by atoms with van der Waals surface area (Å²) in [5.74, 6) is -0.765. The van der Waals surface area contributed by atoms with E-state index in [2.05, 4.69) is 51.7 Å². The number of carbonyl (C=O) groups is 3. The highest BCUT2D eigenvalue weighted by atomic mass is 16.2. The maximum atomic E-state index is 12.6. The Labute approximate surface area is 173 Å². The van der Waals surface area contributed by atoms with Gasteiger partial charge in [0.15, 0.2) is 0 Å². The number of amides is 4. The first-order chi connectivity index (χ1) is 13.4. The van der Waals surface area contributed by atoms with Crippen LogP contribution in [-0.2, 0) is 9.59 Å². The van der Waals surface area contributed by atoms with E-state index in [1.807, 2.05) is 6.92 Å². The molecule has 0 spiro atoms. The molecule has 4 amide bonds. The molecule has 0 N–H and O–H groups in total. The number of imide groups is 2. The molecule has 3 rings (SSSR count). The second-order valence-corrected chi connectivity index (χ2v) is 9.22. The van der Waals surface area contributed by atoms with E-state index in [4.69, 9.17) is 0 Å². The van der Waals surface area contributed by atoms with Gasteiger partial charge in [0.1, 0.15) is 5.57 Å². The number of nitrogens with zero attached hydrogens (tertiary/aromatic N) is 3. The van der Waals surface area contributed by atoms with E-state index in [1.165, 1.54) is 25.3 Å². The number of aryl methyl sites for hydroxylation is 1. The molecule has 2 aliphatic heterocycles. The van der Waals surface area contributed by atoms with Crippen LogP contribution in [0.5, 0.6) is 0 Å². The Hall–Kier alpha value is -2.63. The Kier molecular flexibility index (Phi) is 5.10. The highest BCUT2D eigenvalue weighted by Gasteiger charge is 2.39. The number of carbonyl (C=O) groups excluding carboxylic acids is 3. The SMILES string of the molecule is Cc1cc2c(cc1C=C1C(=O)N(C)C(=O)N(C)C1=O)C(C)CC(C)(C)N2C(C)C. The second kappa shape index (κ2) is 7.01. The quantitative estimate of drug-likeness (QED) is 0.560. The molecule has 1 unspecified atom stereocenters. The fourth-order valence-corrected chi connectivity index (χ4v) is 4.88. The lowest BCUT2D eigenvalue weighted by molar-refractivity contribution is -0.134. The van der Waals surface area contributed by atoms with Gasteiger partial charge in [0, 0.05) is 31.4 Å². The van der Waals surface area contributed by atoms with Crippen LogP contribution in [0, 0.1) is 6.92 Å². The first kappa shape index (κ1) is 21.1. The molecule has 0 bridgehead atoms. The van der Waals surface area contributed by atoms with Crippen molar-refractivity contribution in [3.63, 3.8) is 0 Å². The minimum absolute atomic E-state index is 0.0159. The van der Waals surface area contributed by atoms with Crippen LogP contribution in [-0.4, -0.2) is 53.3 Å². The summed E-state index contributed by atoms with van der Waals surface area (Å²) >= 11 is 0. The van der Waals surface area contributed by atoms with E-state index in [1.54, 1.807) is 6.08 Å². The van der Waals surface area contributed by atoms with E-state index < -0.39 is 17.8 Å². The Balaban J connectivity index is 2.13. The van der Waals surface area contributed by atoms with Gasteiger partial charge in [-0.3, -0.25) is 19.4 Å². The van der Waals surface area contributed by atoms with Crippen molar-refractivity contribution in [1.29, 1.82) is 0 Å². The van der Waals surface area contributed by atoms with Gasteiger partial charge in [0.2, 0.25) is 0 Å². The highest BCUT2D eigenvalue weighted by Crippen LogP contribution is 2.45. The summed E-state index contributed by atoms with van der Waals surface area (Å²) in [6.45, 7) is 13.2. The van der Waals surface area contributed by atoms with Crippen LogP contribution in [0.25, 0.3) is 6.08 Å². The zero-order valence-electron chi connectivity index (χ0n) is 18.7. The summed E-state index contributed by atoms with van der Waals surface area (Å²) < 4.78 is 0. The third-order valence-corrected chi connectivity index (χ3v) is 6.12. The molecular formula is C23H31N3O3. The summed E-state index contributed by atoms with van der Waals surface area (Å²) in [4.78, 5) is 41.5. The first-order valence-corrected chi connectivity index (χ1v) is 10.1. The number of likely N-dealkylation sites (N-methyl/N-ethyl adjacent to an activating group) is 2. The number of barbiturate groups is 1. The minimum Gasteiger partial charge on any atom is -0.364 e. The van der Waals surface area contributed by atoms with Crippen LogP contribution in [0.4, 0.5) is 10.5 Å². The predicted molar refractivity (Wildman–Crippen MR) is 115 cm³/mol. The molecule has 6 nitrogen and oxygen atoms in total. The van der Waals surface area contributed by atoms with E-state index in [0.717, 1.165) is 27.3 Å². The Morgan fingerprint density at radius 2 is 1.62 bits per heavy atom. The molecule has 0 aromatic heterocycles. The summed E-state index contributed by atoms with van der Waals surface area (Å²) in [7, 11) is 2.79. The third-order valence-electron chi connectivity index (χ3n) is 6.12. The lowest BCUT2D eigenvalue weighted by Crippen LogP contribution is -2.53. The fraction of sp³-hybridized carbons (Fsp3) is 0.522. The van der Waals surface area contributed by atoms with Crippen molar-refractivity contribution in [3.8, 4) is 0 Å². The average molecular weight is 398 g/mol. The van der Waals surface area contributed by atoms with Gasteiger partial charge in [0.25, 0.3) is 11.8 Å². The standard InChI is InChI=1S/C23H31N3O3/c1-13(2)26-19-9-14(3)16(10-17(19)15(4)12-23(26,5)6)11-18-20(27)24(7)22(29)25(8)21(18)28/h9-11,13,15H,12H2,1-8H3. The first-order valence-electron chi connectivity index (χ1n) is 10.1. The Morgan fingerprint density at radius 3 is 2.14 bits per heavy atom. The van der Waals surface area contributed by atoms with Crippen LogP contribution in [0.3, 0.4) is 0 Å². The molecule has 1 fully saturated rings. The van der Waals surface area contributed by atoms with Crippen molar-refractivity contribution in [2.24, 2.45) is 0 Å². The van der Waals surface area contributed by atoms with Crippen molar-refractivity contribution in [2.45, 2.75) is 65.5 Å². The predicted octanol–water partition coefficient (Wildman–Crippen LogP) is 3.93. The number of rotatable bonds is 2. The number of fused-ring (bicyclic) bond motifs is 1. The van der Waals surface area contributed by atoms with E-state index in [9.17, 15) is 14.4 Å². The van der Waals surface area contributed by atoms with Crippen molar-refractivity contribution in [3.05, 3.63) is 34.4 Å². The molecule has 1 aromatic carbocycles. The molecule has 0 aliphatic carbocycles. The van der Waals surface area contributed by atoms with Gasteiger partial charge in [-0.2, -0.15) is 0 Å². The third kappa shape index (κ3) is 3.34. The Morgan fingerprint density at radius 1 is 1.07 bits per heavy atom. The molecule has 29 heavy (non-hydrogen) atoms. The lowest BCUT2D eigenvalue weighted by Gasteiger charge is -2.50. The Bertz CT molecular complexity index is 904. The van der Waals surface area contributed by atoms with Crippen molar-refractivity contribution in [1.82, 2.24) is 9.80 Å². The molecule has 156 valence electrons. The number of benzene rings is 1. The molecule has 2 aliphatic rings. The van der Waals surface area contributed by atoms with Crippen molar-refractivity contribution >= 4 is 29.6 Å². The molecule has 6 heteroatoms. The van der Waals surface area contributed by atoms with Gasteiger partial charge in [0.05, 0.1) is 0 Å². The van der Waals surface area contributed by atoms with E-state index in [-0.39, 0.29) is 11.1 Å².